The van der Waals surface area contributed by atoms with Gasteiger partial charge in [0.2, 0.25) is 0 Å². The number of nitrogens with one attached hydrogen (secondary N) is 1. The summed E-state index contributed by atoms with van der Waals surface area (Å²) < 4.78 is 24.4. The Kier molecular flexibility index (Phi) is 6.43. The van der Waals surface area contributed by atoms with Crippen LogP contribution in [-0.4, -0.2) is 20.2 Å². The zero-order chi connectivity index (χ0) is 17.5. The van der Waals surface area contributed by atoms with E-state index in [9.17, 15) is 4.39 Å². The Labute approximate surface area is 148 Å². The van der Waals surface area contributed by atoms with Crippen molar-refractivity contribution in [3.63, 3.8) is 0 Å². The first-order chi connectivity index (χ1) is 11.5. The maximum atomic E-state index is 13.3. The van der Waals surface area contributed by atoms with Gasteiger partial charge in [0, 0.05) is 11.0 Å². The summed E-state index contributed by atoms with van der Waals surface area (Å²) in [7, 11) is 3.17. The molecule has 7 heteroatoms. The van der Waals surface area contributed by atoms with E-state index in [0.717, 1.165) is 11.1 Å². The molecule has 3 N–H and O–H groups in total. The number of rotatable bonds is 6. The van der Waals surface area contributed by atoms with E-state index in [1.807, 2.05) is 18.2 Å². The van der Waals surface area contributed by atoms with Crippen LogP contribution in [0.25, 0.3) is 0 Å². The fourth-order valence-electron chi connectivity index (χ4n) is 2.12. The molecule has 0 heterocycles. The number of halogens is 2. The molecule has 0 amide bonds. The SMILES string of the molecule is COc1ccc(CNC(N)=NCc2cc(F)cc(Br)c2)cc1OC. The Morgan fingerprint density at radius 3 is 2.54 bits per heavy atom. The van der Waals surface area contributed by atoms with Gasteiger partial charge in [-0.3, -0.25) is 0 Å². The van der Waals surface area contributed by atoms with E-state index in [1.54, 1.807) is 20.3 Å². The van der Waals surface area contributed by atoms with Crippen LogP contribution < -0.4 is 20.5 Å². The number of nitrogens with two attached hydrogens (primary N) is 1. The first kappa shape index (κ1) is 18.1. The molecule has 2 aromatic carbocycles. The first-order valence-electron chi connectivity index (χ1n) is 7.21. The highest BCUT2D eigenvalue weighted by atomic mass is 79.9. The monoisotopic (exact) mass is 395 g/mol. The van der Waals surface area contributed by atoms with Crippen molar-refractivity contribution in [2.24, 2.45) is 10.7 Å². The van der Waals surface area contributed by atoms with Crippen LogP contribution in [0.1, 0.15) is 11.1 Å². The standard InChI is InChI=1S/C17H19BrFN3O2/c1-23-15-4-3-11(7-16(15)24-2)9-21-17(20)22-10-12-5-13(18)8-14(19)6-12/h3-8H,9-10H2,1-2H3,(H3,20,21,22). The van der Waals surface area contributed by atoms with Gasteiger partial charge in [-0.25, -0.2) is 9.38 Å². The van der Waals surface area contributed by atoms with E-state index in [1.165, 1.54) is 12.1 Å². The van der Waals surface area contributed by atoms with Crippen LogP contribution in [0.5, 0.6) is 11.5 Å². The van der Waals surface area contributed by atoms with Gasteiger partial charge in [-0.2, -0.15) is 0 Å². The summed E-state index contributed by atoms with van der Waals surface area (Å²) in [6, 6.07) is 10.2. The Balaban J connectivity index is 1.96. The van der Waals surface area contributed by atoms with E-state index in [-0.39, 0.29) is 11.8 Å². The second-order valence-corrected chi connectivity index (χ2v) is 5.94. The number of nitrogens with zero attached hydrogens (tertiary/aromatic N) is 1. The van der Waals surface area contributed by atoms with Crippen LogP contribution in [0.2, 0.25) is 0 Å². The molecule has 0 saturated carbocycles. The van der Waals surface area contributed by atoms with Crippen LogP contribution in [0.3, 0.4) is 0 Å². The normalized spacial score (nSPS) is 11.2. The van der Waals surface area contributed by atoms with Crippen molar-refractivity contribution in [3.8, 4) is 11.5 Å². The van der Waals surface area contributed by atoms with Crippen molar-refractivity contribution >= 4 is 21.9 Å². The lowest BCUT2D eigenvalue weighted by atomic mass is 10.2. The molecule has 24 heavy (non-hydrogen) atoms. The summed E-state index contributed by atoms with van der Waals surface area (Å²) >= 11 is 3.25. The van der Waals surface area contributed by atoms with E-state index >= 15 is 0 Å². The second kappa shape index (κ2) is 8.54. The highest BCUT2D eigenvalue weighted by molar-refractivity contribution is 9.10. The molecule has 0 unspecified atom stereocenters. The van der Waals surface area contributed by atoms with Gasteiger partial charge < -0.3 is 20.5 Å². The maximum absolute atomic E-state index is 13.3. The molecule has 2 rings (SSSR count). The Bertz CT molecular complexity index is 718. The average Bonchev–Trinajstić information content (AvgIpc) is 2.57. The number of hydrogen-bond acceptors (Lipinski definition) is 3. The molecule has 128 valence electrons. The lowest BCUT2D eigenvalue weighted by Crippen LogP contribution is -2.31. The minimum atomic E-state index is -0.313. The quantitative estimate of drug-likeness (QED) is 0.581. The molecule has 0 radical (unpaired) electrons. The van der Waals surface area contributed by atoms with Gasteiger partial charge >= 0.3 is 0 Å². The lowest BCUT2D eigenvalue weighted by molar-refractivity contribution is 0.354. The van der Waals surface area contributed by atoms with Crippen molar-refractivity contribution in [1.29, 1.82) is 0 Å². The zero-order valence-corrected chi connectivity index (χ0v) is 15.1. The lowest BCUT2D eigenvalue weighted by Gasteiger charge is -2.10. The van der Waals surface area contributed by atoms with Crippen LogP contribution in [0.4, 0.5) is 4.39 Å². The maximum Gasteiger partial charge on any atom is 0.189 e. The molecular weight excluding hydrogens is 377 g/mol. The third-order valence-corrected chi connectivity index (χ3v) is 3.73. The third kappa shape index (κ3) is 5.13. The van der Waals surface area contributed by atoms with Crippen molar-refractivity contribution in [2.45, 2.75) is 13.1 Å². The van der Waals surface area contributed by atoms with Crippen LogP contribution >= 0.6 is 15.9 Å². The Morgan fingerprint density at radius 2 is 1.88 bits per heavy atom. The Morgan fingerprint density at radius 1 is 1.12 bits per heavy atom. The molecule has 0 saturated heterocycles. The average molecular weight is 396 g/mol. The van der Waals surface area contributed by atoms with Crippen molar-refractivity contribution in [3.05, 3.63) is 57.8 Å². The fourth-order valence-corrected chi connectivity index (χ4v) is 2.63. The van der Waals surface area contributed by atoms with Gasteiger partial charge in [-0.1, -0.05) is 22.0 Å². The molecule has 0 fully saturated rings. The van der Waals surface area contributed by atoms with Crippen molar-refractivity contribution in [1.82, 2.24) is 5.32 Å². The molecule has 0 aliphatic rings. The number of benzene rings is 2. The van der Waals surface area contributed by atoms with Crippen LogP contribution in [0, 0.1) is 5.82 Å². The van der Waals surface area contributed by atoms with Crippen LogP contribution in [0.15, 0.2) is 45.9 Å². The molecule has 5 nitrogen and oxygen atoms in total. The van der Waals surface area contributed by atoms with E-state index < -0.39 is 0 Å². The van der Waals surface area contributed by atoms with Gasteiger partial charge in [-0.15, -0.1) is 0 Å². The topological polar surface area (TPSA) is 68.9 Å². The summed E-state index contributed by atoms with van der Waals surface area (Å²) in [5, 5.41) is 3.01. The summed E-state index contributed by atoms with van der Waals surface area (Å²) in [6.07, 6.45) is 0. The minimum absolute atomic E-state index is 0.283. The largest absolute Gasteiger partial charge is 0.493 e. The molecule has 2 aromatic rings. The van der Waals surface area contributed by atoms with Gasteiger partial charge in [0.05, 0.1) is 20.8 Å². The van der Waals surface area contributed by atoms with Gasteiger partial charge in [0.15, 0.2) is 17.5 Å². The summed E-state index contributed by atoms with van der Waals surface area (Å²) in [5.41, 5.74) is 7.56. The molecule has 0 aliphatic heterocycles. The molecule has 0 atom stereocenters. The van der Waals surface area contributed by atoms with Gasteiger partial charge in [0.1, 0.15) is 5.82 Å². The number of guanidine groups is 1. The highest BCUT2D eigenvalue weighted by Gasteiger charge is 2.05. The molecule has 0 aromatic heterocycles. The fraction of sp³-hybridized carbons (Fsp3) is 0.235. The van der Waals surface area contributed by atoms with Crippen LogP contribution in [-0.2, 0) is 13.1 Å². The number of aliphatic imine (C=N–C) groups is 1. The van der Waals surface area contributed by atoms with Gasteiger partial charge in [-0.05, 0) is 41.5 Å². The van der Waals surface area contributed by atoms with E-state index in [0.29, 0.717) is 29.1 Å². The number of methoxy groups -OCH3 is 2. The van der Waals surface area contributed by atoms with E-state index in [4.69, 9.17) is 15.2 Å². The smallest absolute Gasteiger partial charge is 0.189 e. The van der Waals surface area contributed by atoms with Gasteiger partial charge in [0.25, 0.3) is 0 Å². The summed E-state index contributed by atoms with van der Waals surface area (Å²) in [5.74, 6) is 1.29. The zero-order valence-electron chi connectivity index (χ0n) is 13.5. The minimum Gasteiger partial charge on any atom is -0.493 e. The summed E-state index contributed by atoms with van der Waals surface area (Å²) in [6.45, 7) is 0.781. The second-order valence-electron chi connectivity index (χ2n) is 5.02. The predicted octanol–water partition coefficient (Wildman–Crippen LogP) is 3.21. The third-order valence-electron chi connectivity index (χ3n) is 3.28. The summed E-state index contributed by atoms with van der Waals surface area (Å²) in [4.78, 5) is 4.21. The Hall–Kier alpha value is -2.28. The van der Waals surface area contributed by atoms with E-state index in [2.05, 4.69) is 26.2 Å². The molecule has 0 aliphatic carbocycles. The van der Waals surface area contributed by atoms with Crippen molar-refractivity contribution < 1.29 is 13.9 Å². The predicted molar refractivity (Wildman–Crippen MR) is 95.8 cm³/mol. The molecule has 0 bridgehead atoms. The molecular formula is C17H19BrFN3O2. The number of hydrogen-bond donors (Lipinski definition) is 2. The molecule has 0 spiro atoms. The van der Waals surface area contributed by atoms with Crippen molar-refractivity contribution in [2.75, 3.05) is 14.2 Å². The number of ether oxygens (including phenoxy) is 2. The highest BCUT2D eigenvalue weighted by Crippen LogP contribution is 2.27. The first-order valence-corrected chi connectivity index (χ1v) is 8.00.